The number of methoxy groups -OCH3 is 1. The average molecular weight is 360 g/mol. The van der Waals surface area contributed by atoms with Gasteiger partial charge in [-0.05, 0) is 24.0 Å². The second-order valence-electron chi connectivity index (χ2n) is 5.61. The van der Waals surface area contributed by atoms with Gasteiger partial charge in [-0.2, -0.15) is 0 Å². The number of allylic oxidation sites excluding steroid dienone is 1. The molecule has 1 aromatic carbocycles. The van der Waals surface area contributed by atoms with Crippen molar-refractivity contribution in [2.45, 2.75) is 11.7 Å². The molecule has 0 spiro atoms. The van der Waals surface area contributed by atoms with Crippen molar-refractivity contribution in [3.05, 3.63) is 41.3 Å². The molecular weight excluding hydrogens is 344 g/mol. The van der Waals surface area contributed by atoms with Gasteiger partial charge < -0.3 is 4.74 Å². The van der Waals surface area contributed by atoms with Gasteiger partial charge >= 0.3 is 17.8 Å². The number of hydrogen-bond donors (Lipinski definition) is 0. The van der Waals surface area contributed by atoms with Crippen molar-refractivity contribution >= 4 is 35.4 Å². The van der Waals surface area contributed by atoms with Gasteiger partial charge in [0, 0.05) is 17.4 Å². The van der Waals surface area contributed by atoms with E-state index in [2.05, 4.69) is 0 Å². The summed E-state index contributed by atoms with van der Waals surface area (Å²) >= 11 is 1.51. The third kappa shape index (κ3) is 3.43. The maximum absolute atomic E-state index is 12.4. The standard InChI is InChI=1S/C17H16N2O5S/c1-24-12-5-2-4-11(8-12)14(20)10-19-16(22)15(21)18(17(19)23)9-13-6-3-7-25-13/h2-5,7-8,13H,6,9-10H2,1H3. The molecule has 1 saturated heterocycles. The molecule has 8 heteroatoms. The molecule has 4 amide bonds. The maximum atomic E-state index is 12.4. The number of hydrogen-bond acceptors (Lipinski definition) is 6. The van der Waals surface area contributed by atoms with Crippen LogP contribution in [0.25, 0.3) is 0 Å². The summed E-state index contributed by atoms with van der Waals surface area (Å²) in [4.78, 5) is 50.6. The molecule has 7 nitrogen and oxygen atoms in total. The van der Waals surface area contributed by atoms with Crippen LogP contribution in [0.4, 0.5) is 4.79 Å². The van der Waals surface area contributed by atoms with Gasteiger partial charge in [0.25, 0.3) is 0 Å². The Bertz CT molecular complexity index is 768. The van der Waals surface area contributed by atoms with Gasteiger partial charge in [0.05, 0.1) is 13.7 Å². The first-order chi connectivity index (χ1) is 12.0. The molecule has 0 N–H and O–H groups in total. The van der Waals surface area contributed by atoms with Crippen molar-refractivity contribution < 1.29 is 23.9 Å². The predicted molar refractivity (Wildman–Crippen MR) is 91.3 cm³/mol. The van der Waals surface area contributed by atoms with Crippen LogP contribution in [0.5, 0.6) is 5.75 Å². The van der Waals surface area contributed by atoms with Crippen LogP contribution in [0.3, 0.4) is 0 Å². The van der Waals surface area contributed by atoms with Crippen molar-refractivity contribution in [2.75, 3.05) is 20.2 Å². The van der Waals surface area contributed by atoms with Gasteiger partial charge in [-0.25, -0.2) is 9.69 Å². The van der Waals surface area contributed by atoms with E-state index < -0.39 is 30.2 Å². The Hall–Kier alpha value is -2.61. The van der Waals surface area contributed by atoms with Crippen LogP contribution in [0, 0.1) is 0 Å². The number of carbonyl (C=O) groups is 4. The van der Waals surface area contributed by atoms with E-state index in [1.165, 1.54) is 24.9 Å². The zero-order chi connectivity index (χ0) is 18.0. The number of benzene rings is 1. The van der Waals surface area contributed by atoms with Crippen molar-refractivity contribution in [3.63, 3.8) is 0 Å². The minimum atomic E-state index is -0.961. The van der Waals surface area contributed by atoms with E-state index in [1.54, 1.807) is 18.2 Å². The van der Waals surface area contributed by atoms with Crippen LogP contribution >= 0.6 is 11.8 Å². The monoisotopic (exact) mass is 360 g/mol. The Kier molecular flexibility index (Phi) is 4.89. The number of imide groups is 2. The molecular formula is C17H16N2O5S. The highest BCUT2D eigenvalue weighted by Crippen LogP contribution is 2.26. The highest BCUT2D eigenvalue weighted by Gasteiger charge is 2.45. The minimum Gasteiger partial charge on any atom is -0.497 e. The Morgan fingerprint density at radius 3 is 2.68 bits per heavy atom. The van der Waals surface area contributed by atoms with Gasteiger partial charge in [0.2, 0.25) is 0 Å². The smallest absolute Gasteiger partial charge is 0.334 e. The first kappa shape index (κ1) is 17.2. The molecule has 1 atom stereocenters. The average Bonchev–Trinajstić information content (AvgIpc) is 3.21. The number of nitrogens with zero attached hydrogens (tertiary/aromatic N) is 2. The Labute approximate surface area is 148 Å². The molecule has 25 heavy (non-hydrogen) atoms. The molecule has 130 valence electrons. The van der Waals surface area contributed by atoms with Crippen molar-refractivity contribution in [2.24, 2.45) is 0 Å². The zero-order valence-electron chi connectivity index (χ0n) is 13.5. The largest absolute Gasteiger partial charge is 0.497 e. The van der Waals surface area contributed by atoms with Crippen LogP contribution < -0.4 is 4.74 Å². The summed E-state index contributed by atoms with van der Waals surface area (Å²) in [7, 11) is 1.48. The van der Waals surface area contributed by atoms with Crippen LogP contribution in [-0.4, -0.2) is 58.9 Å². The topological polar surface area (TPSA) is 84.0 Å². The lowest BCUT2D eigenvalue weighted by atomic mass is 10.1. The SMILES string of the molecule is COc1cccc(C(=O)CN2C(=O)C(=O)N(CC3CC=CS3)C2=O)c1. The number of ketones is 1. The van der Waals surface area contributed by atoms with Gasteiger partial charge in [-0.15, -0.1) is 11.8 Å². The molecule has 2 aliphatic rings. The molecule has 3 rings (SSSR count). The molecule has 0 aliphatic carbocycles. The van der Waals surface area contributed by atoms with E-state index in [-0.39, 0.29) is 11.8 Å². The highest BCUT2D eigenvalue weighted by molar-refractivity contribution is 8.03. The summed E-state index contributed by atoms with van der Waals surface area (Å²) in [5.74, 6) is -1.78. The number of Topliss-reactive ketones (excluding diaryl/α,β-unsaturated/α-hetero) is 1. The third-order valence-electron chi connectivity index (χ3n) is 3.98. The van der Waals surface area contributed by atoms with E-state index in [4.69, 9.17) is 4.74 Å². The van der Waals surface area contributed by atoms with Gasteiger partial charge in [-0.3, -0.25) is 19.3 Å². The second-order valence-corrected chi connectivity index (χ2v) is 6.82. The summed E-state index contributed by atoms with van der Waals surface area (Å²) in [6.45, 7) is -0.311. The van der Waals surface area contributed by atoms with Crippen molar-refractivity contribution in [1.29, 1.82) is 0 Å². The first-order valence-electron chi connectivity index (χ1n) is 7.66. The summed E-state index contributed by atoms with van der Waals surface area (Å²) in [6, 6.07) is 5.67. The fraction of sp³-hybridized carbons (Fsp3) is 0.294. The number of ether oxygens (including phenoxy) is 1. The van der Waals surface area contributed by atoms with Gasteiger partial charge in [0.15, 0.2) is 5.78 Å². The molecule has 0 aromatic heterocycles. The van der Waals surface area contributed by atoms with E-state index in [1.807, 2.05) is 11.5 Å². The Morgan fingerprint density at radius 2 is 2.00 bits per heavy atom. The number of thioether (sulfide) groups is 1. The molecule has 0 radical (unpaired) electrons. The van der Waals surface area contributed by atoms with Crippen LogP contribution in [0.1, 0.15) is 16.8 Å². The van der Waals surface area contributed by atoms with Gasteiger partial charge in [0.1, 0.15) is 5.75 Å². The highest BCUT2D eigenvalue weighted by atomic mass is 32.2. The van der Waals surface area contributed by atoms with E-state index in [0.717, 1.165) is 11.3 Å². The molecule has 2 heterocycles. The molecule has 1 fully saturated rings. The molecule has 0 bridgehead atoms. The summed E-state index contributed by atoms with van der Waals surface area (Å²) < 4.78 is 5.06. The zero-order valence-corrected chi connectivity index (χ0v) is 14.3. The second kappa shape index (κ2) is 7.10. The number of amides is 4. The number of urea groups is 1. The summed E-state index contributed by atoms with van der Waals surface area (Å²) in [5.41, 5.74) is 0.307. The Balaban J connectivity index is 1.71. The van der Waals surface area contributed by atoms with Crippen LogP contribution in [-0.2, 0) is 9.59 Å². The maximum Gasteiger partial charge on any atom is 0.334 e. The Morgan fingerprint density at radius 1 is 1.24 bits per heavy atom. The first-order valence-corrected chi connectivity index (χ1v) is 8.60. The van der Waals surface area contributed by atoms with Crippen molar-refractivity contribution in [1.82, 2.24) is 9.80 Å². The lowest BCUT2D eigenvalue weighted by molar-refractivity contribution is -0.143. The molecule has 0 saturated carbocycles. The van der Waals surface area contributed by atoms with Crippen molar-refractivity contribution in [3.8, 4) is 5.75 Å². The lowest BCUT2D eigenvalue weighted by Crippen LogP contribution is -2.39. The normalized spacial score (nSPS) is 19.9. The van der Waals surface area contributed by atoms with E-state index >= 15 is 0 Å². The minimum absolute atomic E-state index is 0.0507. The van der Waals surface area contributed by atoms with E-state index in [9.17, 15) is 19.2 Å². The summed E-state index contributed by atoms with van der Waals surface area (Å²) in [5, 5.41) is 1.96. The van der Waals surface area contributed by atoms with Gasteiger partial charge in [-0.1, -0.05) is 18.2 Å². The van der Waals surface area contributed by atoms with E-state index in [0.29, 0.717) is 16.2 Å². The van der Waals surface area contributed by atoms with Crippen LogP contribution in [0.2, 0.25) is 0 Å². The summed E-state index contributed by atoms with van der Waals surface area (Å²) in [6.07, 6.45) is 2.69. The predicted octanol–water partition coefficient (Wildman–Crippen LogP) is 1.69. The number of carbonyl (C=O) groups excluding carboxylic acids is 4. The quantitative estimate of drug-likeness (QED) is 0.436. The number of rotatable bonds is 6. The lowest BCUT2D eigenvalue weighted by Gasteiger charge is -2.18. The molecule has 1 aromatic rings. The van der Waals surface area contributed by atoms with Crippen LogP contribution in [0.15, 0.2) is 35.7 Å². The molecule has 1 unspecified atom stereocenters. The molecule has 2 aliphatic heterocycles. The fourth-order valence-corrected chi connectivity index (χ4v) is 3.53. The fourth-order valence-electron chi connectivity index (χ4n) is 2.63. The third-order valence-corrected chi connectivity index (χ3v) is 5.06.